The average molecular weight is 363 g/mol. The Morgan fingerprint density at radius 2 is 2.00 bits per heavy atom. The Morgan fingerprint density at radius 3 is 2.74 bits per heavy atom. The van der Waals surface area contributed by atoms with E-state index in [1.165, 1.54) is 31.9 Å². The lowest BCUT2D eigenvalue weighted by Gasteiger charge is -2.10. The molecule has 1 aliphatic rings. The number of benzene rings is 1. The van der Waals surface area contributed by atoms with Gasteiger partial charge >= 0.3 is 0 Å². The van der Waals surface area contributed by atoms with Crippen molar-refractivity contribution in [1.29, 1.82) is 0 Å². The maximum atomic E-state index is 12.3. The molecule has 0 spiro atoms. The zero-order valence-corrected chi connectivity index (χ0v) is 15.6. The van der Waals surface area contributed by atoms with Crippen LogP contribution in [0.1, 0.15) is 48.5 Å². The molecule has 1 saturated carbocycles. The van der Waals surface area contributed by atoms with E-state index in [2.05, 4.69) is 15.6 Å². The Labute approximate surface area is 159 Å². The molecule has 0 radical (unpaired) electrons. The summed E-state index contributed by atoms with van der Waals surface area (Å²) in [4.78, 5) is 28.3. The van der Waals surface area contributed by atoms with Crippen molar-refractivity contribution in [2.24, 2.45) is 5.92 Å². The van der Waals surface area contributed by atoms with E-state index in [1.807, 2.05) is 31.2 Å². The Morgan fingerprint density at radius 1 is 1.19 bits per heavy atom. The lowest BCUT2D eigenvalue weighted by molar-refractivity contribution is -0.112. The van der Waals surface area contributed by atoms with Gasteiger partial charge in [0.25, 0.3) is 5.91 Å². The first-order valence-corrected chi connectivity index (χ1v) is 9.38. The van der Waals surface area contributed by atoms with E-state index in [1.54, 1.807) is 24.4 Å². The minimum absolute atomic E-state index is 0.101. The molecule has 0 aliphatic heterocycles. The number of carbonyl (C=O) groups excluding carboxylic acids is 2. The van der Waals surface area contributed by atoms with E-state index in [0.29, 0.717) is 18.0 Å². The van der Waals surface area contributed by atoms with E-state index in [0.717, 1.165) is 16.8 Å². The summed E-state index contributed by atoms with van der Waals surface area (Å²) < 4.78 is 0. The van der Waals surface area contributed by atoms with Crippen LogP contribution in [0.2, 0.25) is 0 Å². The first-order valence-electron chi connectivity index (χ1n) is 9.38. The van der Waals surface area contributed by atoms with Gasteiger partial charge in [-0.05, 0) is 55.5 Å². The predicted octanol–water partition coefficient (Wildman–Crippen LogP) is 4.09. The highest BCUT2D eigenvalue weighted by Crippen LogP contribution is 2.30. The lowest BCUT2D eigenvalue weighted by atomic mass is 9.99. The molecule has 1 aromatic carbocycles. The second-order valence-electron chi connectivity index (χ2n) is 6.98. The SMILES string of the molecule is C/C(=C\C(=O)Nc1cccc(CNC(=O)c2cccnc2)c1)C1CCCC1. The van der Waals surface area contributed by atoms with Crippen LogP contribution >= 0.6 is 0 Å². The van der Waals surface area contributed by atoms with Crippen LogP contribution < -0.4 is 10.6 Å². The van der Waals surface area contributed by atoms with Gasteiger partial charge < -0.3 is 10.6 Å². The monoisotopic (exact) mass is 363 g/mol. The number of aromatic nitrogens is 1. The Bertz CT molecular complexity index is 824. The molecule has 1 aromatic heterocycles. The fraction of sp³-hybridized carbons (Fsp3) is 0.318. The first kappa shape index (κ1) is 18.8. The largest absolute Gasteiger partial charge is 0.348 e. The number of amides is 2. The van der Waals surface area contributed by atoms with Gasteiger partial charge in [0.05, 0.1) is 5.56 Å². The van der Waals surface area contributed by atoms with Gasteiger partial charge in [-0.15, -0.1) is 0 Å². The van der Waals surface area contributed by atoms with Crippen molar-refractivity contribution in [3.05, 3.63) is 71.6 Å². The van der Waals surface area contributed by atoms with Gasteiger partial charge in [-0.3, -0.25) is 14.6 Å². The zero-order valence-electron chi connectivity index (χ0n) is 15.6. The molecule has 1 fully saturated rings. The van der Waals surface area contributed by atoms with Crippen molar-refractivity contribution >= 4 is 17.5 Å². The quantitative estimate of drug-likeness (QED) is 0.760. The van der Waals surface area contributed by atoms with Crippen LogP contribution in [0.5, 0.6) is 0 Å². The highest BCUT2D eigenvalue weighted by atomic mass is 16.2. The maximum Gasteiger partial charge on any atom is 0.253 e. The Balaban J connectivity index is 1.56. The molecule has 5 heteroatoms. The molecule has 0 atom stereocenters. The summed E-state index contributed by atoms with van der Waals surface area (Å²) in [6, 6.07) is 11.0. The molecule has 5 nitrogen and oxygen atoms in total. The number of carbonyl (C=O) groups is 2. The molecule has 1 aliphatic carbocycles. The maximum absolute atomic E-state index is 12.3. The van der Waals surface area contributed by atoms with Gasteiger partial charge in [-0.1, -0.05) is 30.5 Å². The van der Waals surface area contributed by atoms with Crippen LogP contribution in [0.25, 0.3) is 0 Å². The van der Waals surface area contributed by atoms with Gasteiger partial charge in [0.2, 0.25) is 5.91 Å². The van der Waals surface area contributed by atoms with Crippen LogP contribution in [-0.4, -0.2) is 16.8 Å². The molecular weight excluding hydrogens is 338 g/mol. The van der Waals surface area contributed by atoms with Crippen molar-refractivity contribution in [2.75, 3.05) is 5.32 Å². The topological polar surface area (TPSA) is 71.1 Å². The minimum atomic E-state index is -0.173. The van der Waals surface area contributed by atoms with Crippen LogP contribution in [0.3, 0.4) is 0 Å². The third-order valence-corrected chi connectivity index (χ3v) is 4.93. The first-order chi connectivity index (χ1) is 13.1. The fourth-order valence-electron chi connectivity index (χ4n) is 3.42. The Kier molecular flexibility index (Phi) is 6.36. The van der Waals surface area contributed by atoms with Gasteiger partial charge in [-0.25, -0.2) is 0 Å². The third kappa shape index (κ3) is 5.51. The molecule has 2 N–H and O–H groups in total. The molecule has 1 heterocycles. The normalized spacial score (nSPS) is 14.8. The van der Waals surface area contributed by atoms with E-state index < -0.39 is 0 Å². The number of anilines is 1. The van der Waals surface area contributed by atoms with Crippen LogP contribution in [0.4, 0.5) is 5.69 Å². The molecule has 140 valence electrons. The molecule has 27 heavy (non-hydrogen) atoms. The number of hydrogen-bond acceptors (Lipinski definition) is 3. The van der Waals surface area contributed by atoms with Gasteiger partial charge in [0.1, 0.15) is 0 Å². The number of allylic oxidation sites excluding steroid dienone is 1. The third-order valence-electron chi connectivity index (χ3n) is 4.93. The molecule has 2 amide bonds. The van der Waals surface area contributed by atoms with E-state index in [9.17, 15) is 9.59 Å². The van der Waals surface area contributed by atoms with Gasteiger partial charge in [-0.2, -0.15) is 0 Å². The zero-order chi connectivity index (χ0) is 19.1. The second kappa shape index (κ2) is 9.12. The van der Waals surface area contributed by atoms with Crippen molar-refractivity contribution in [3.63, 3.8) is 0 Å². The molecule has 0 unspecified atom stereocenters. The van der Waals surface area contributed by atoms with Crippen LogP contribution in [0, 0.1) is 5.92 Å². The summed E-state index contributed by atoms with van der Waals surface area (Å²) >= 11 is 0. The number of hydrogen-bond donors (Lipinski definition) is 2. The fourth-order valence-corrected chi connectivity index (χ4v) is 3.42. The van der Waals surface area contributed by atoms with Crippen molar-refractivity contribution < 1.29 is 9.59 Å². The highest BCUT2D eigenvalue weighted by molar-refractivity contribution is 5.99. The summed E-state index contributed by atoms with van der Waals surface area (Å²) in [6.45, 7) is 2.42. The number of nitrogens with zero attached hydrogens (tertiary/aromatic N) is 1. The lowest BCUT2D eigenvalue weighted by Crippen LogP contribution is -2.22. The summed E-state index contributed by atoms with van der Waals surface area (Å²) in [5.41, 5.74) is 3.32. The van der Waals surface area contributed by atoms with E-state index >= 15 is 0 Å². The average Bonchev–Trinajstić information content (AvgIpc) is 3.22. The summed E-state index contributed by atoms with van der Waals surface area (Å²) in [6.07, 6.45) is 9.75. The number of rotatable bonds is 6. The number of nitrogens with one attached hydrogen (secondary N) is 2. The van der Waals surface area contributed by atoms with E-state index in [-0.39, 0.29) is 11.8 Å². The smallest absolute Gasteiger partial charge is 0.253 e. The van der Waals surface area contributed by atoms with Crippen LogP contribution in [-0.2, 0) is 11.3 Å². The van der Waals surface area contributed by atoms with E-state index in [4.69, 9.17) is 0 Å². The van der Waals surface area contributed by atoms with Crippen molar-refractivity contribution in [2.45, 2.75) is 39.2 Å². The summed E-state index contributed by atoms with van der Waals surface area (Å²) in [7, 11) is 0. The summed E-state index contributed by atoms with van der Waals surface area (Å²) in [5.74, 6) is 0.272. The molecule has 3 rings (SSSR count). The van der Waals surface area contributed by atoms with Gasteiger partial charge in [0.15, 0.2) is 0 Å². The molecule has 2 aromatic rings. The molecular formula is C22H25N3O2. The second-order valence-corrected chi connectivity index (χ2v) is 6.98. The molecule has 0 bridgehead atoms. The van der Waals surface area contributed by atoms with Crippen molar-refractivity contribution in [1.82, 2.24) is 10.3 Å². The predicted molar refractivity (Wildman–Crippen MR) is 106 cm³/mol. The Hall–Kier alpha value is -2.95. The van der Waals surface area contributed by atoms with Crippen LogP contribution in [0.15, 0.2) is 60.4 Å². The highest BCUT2D eigenvalue weighted by Gasteiger charge is 2.17. The number of pyridine rings is 1. The minimum Gasteiger partial charge on any atom is -0.348 e. The summed E-state index contributed by atoms with van der Waals surface area (Å²) in [5, 5.41) is 5.78. The molecule has 0 saturated heterocycles. The van der Waals surface area contributed by atoms with Gasteiger partial charge in [0, 0.05) is 30.7 Å². The standard InChI is InChI=1S/C22H25N3O2/c1-16(18-7-2-3-8-18)12-21(26)25-20-10-4-6-17(13-20)14-24-22(27)19-9-5-11-23-15-19/h4-6,9-13,15,18H,2-3,7-8,14H2,1H3,(H,24,27)(H,25,26)/b16-12+. The van der Waals surface area contributed by atoms with Crippen molar-refractivity contribution in [3.8, 4) is 0 Å².